The highest BCUT2D eigenvalue weighted by molar-refractivity contribution is 5.94. The molecule has 1 aromatic rings. The summed E-state index contributed by atoms with van der Waals surface area (Å²) in [6.07, 6.45) is 1.09. The molecule has 9 heteroatoms. The molecule has 1 fully saturated rings. The van der Waals surface area contributed by atoms with Gasteiger partial charge in [-0.25, -0.2) is 0 Å². The molecule has 1 aliphatic heterocycles. The van der Waals surface area contributed by atoms with Crippen molar-refractivity contribution in [3.8, 4) is 0 Å². The van der Waals surface area contributed by atoms with Crippen LogP contribution < -0.4 is 21.3 Å². The number of non-ortho nitro benzene ring substituents is 1. The summed E-state index contributed by atoms with van der Waals surface area (Å²) in [7, 11) is 0. The Balaban J connectivity index is 1.95. The van der Waals surface area contributed by atoms with E-state index in [1.165, 1.54) is 24.3 Å². The van der Waals surface area contributed by atoms with Crippen LogP contribution in [0.1, 0.15) is 16.8 Å². The first kappa shape index (κ1) is 19.3. The highest BCUT2D eigenvalue weighted by atomic mass is 16.6. The number of nitrogens with zero attached hydrogens (tertiary/aromatic N) is 2. The lowest BCUT2D eigenvalue weighted by atomic mass is 10.2. The minimum atomic E-state index is -0.473. The van der Waals surface area contributed by atoms with Gasteiger partial charge in [-0.1, -0.05) is 0 Å². The molecule has 4 N–H and O–H groups in total. The average molecular weight is 350 g/mol. The molecular weight excluding hydrogens is 324 g/mol. The zero-order valence-corrected chi connectivity index (χ0v) is 14.3. The second-order valence-electron chi connectivity index (χ2n) is 5.82. The molecule has 0 spiro atoms. The van der Waals surface area contributed by atoms with E-state index in [1.54, 1.807) is 4.90 Å². The number of amides is 1. The normalized spacial score (nSPS) is 18.3. The number of nitro groups is 1. The smallest absolute Gasteiger partial charge is 0.269 e. The molecule has 0 aromatic heterocycles. The van der Waals surface area contributed by atoms with E-state index in [0.717, 1.165) is 45.7 Å². The number of rotatable bonds is 2. The summed E-state index contributed by atoms with van der Waals surface area (Å²) in [5, 5.41) is 23.9. The molecule has 0 radical (unpaired) electrons. The van der Waals surface area contributed by atoms with Gasteiger partial charge in [-0.2, -0.15) is 0 Å². The van der Waals surface area contributed by atoms with Crippen molar-refractivity contribution in [3.05, 3.63) is 39.9 Å². The minimum Gasteiger partial charge on any atom is -0.315 e. The Hall–Kier alpha value is -2.07. The highest BCUT2D eigenvalue weighted by Crippen LogP contribution is 2.13. The molecule has 1 aromatic carbocycles. The van der Waals surface area contributed by atoms with E-state index in [-0.39, 0.29) is 11.6 Å². The van der Waals surface area contributed by atoms with E-state index in [1.807, 2.05) is 0 Å². The van der Waals surface area contributed by atoms with Crippen molar-refractivity contribution >= 4 is 11.6 Å². The van der Waals surface area contributed by atoms with Crippen LogP contribution in [0, 0.1) is 10.1 Å². The molecule has 1 heterocycles. The first-order valence-corrected chi connectivity index (χ1v) is 8.55. The van der Waals surface area contributed by atoms with Crippen LogP contribution in [0.3, 0.4) is 0 Å². The number of benzene rings is 1. The Bertz CT molecular complexity index is 537. The number of nitrogens with one attached hydrogen (secondary N) is 4. The van der Waals surface area contributed by atoms with Gasteiger partial charge in [-0.05, 0) is 31.6 Å². The maximum absolute atomic E-state index is 12.7. The molecule has 1 amide bonds. The fraction of sp³-hybridized carbons (Fsp3) is 0.562. The van der Waals surface area contributed by atoms with Gasteiger partial charge in [-0.3, -0.25) is 25.5 Å². The zero-order valence-electron chi connectivity index (χ0n) is 14.3. The van der Waals surface area contributed by atoms with Gasteiger partial charge in [-0.15, -0.1) is 0 Å². The average Bonchev–Trinajstić information content (AvgIpc) is 2.63. The Labute approximate surface area is 147 Å². The summed E-state index contributed by atoms with van der Waals surface area (Å²) in [5.41, 5.74) is 0.414. The first-order valence-electron chi connectivity index (χ1n) is 8.55. The molecule has 0 saturated carbocycles. The Morgan fingerprint density at radius 2 is 1.40 bits per heavy atom. The van der Waals surface area contributed by atoms with Crippen molar-refractivity contribution in [3.63, 3.8) is 0 Å². The second kappa shape index (κ2) is 10.7. The zero-order chi connectivity index (χ0) is 17.9. The molecule has 2 rings (SSSR count). The van der Waals surface area contributed by atoms with Gasteiger partial charge in [0, 0.05) is 43.9 Å². The first-order chi connectivity index (χ1) is 12.2. The number of nitro benzene ring substituents is 1. The maximum atomic E-state index is 12.7. The number of carbonyl (C=O) groups excluding carboxylic acids is 1. The van der Waals surface area contributed by atoms with Crippen molar-refractivity contribution in [2.75, 3.05) is 52.6 Å². The van der Waals surface area contributed by atoms with Gasteiger partial charge in [0.1, 0.15) is 0 Å². The molecule has 1 aliphatic rings. The quantitative estimate of drug-likeness (QED) is 0.428. The molecule has 0 atom stereocenters. The van der Waals surface area contributed by atoms with E-state index in [0.29, 0.717) is 18.9 Å². The summed E-state index contributed by atoms with van der Waals surface area (Å²) >= 11 is 0. The molecule has 0 aliphatic carbocycles. The third kappa shape index (κ3) is 6.75. The van der Waals surface area contributed by atoms with Crippen molar-refractivity contribution in [1.29, 1.82) is 0 Å². The summed E-state index contributed by atoms with van der Waals surface area (Å²) in [6.45, 7) is 5.96. The lowest BCUT2D eigenvalue weighted by molar-refractivity contribution is -0.384. The summed E-state index contributed by atoms with van der Waals surface area (Å²) in [4.78, 5) is 24.6. The Morgan fingerprint density at radius 1 is 0.880 bits per heavy atom. The molecular formula is C16H26N6O3. The van der Waals surface area contributed by atoms with E-state index in [2.05, 4.69) is 21.3 Å². The number of hydrogen-bond acceptors (Lipinski definition) is 7. The predicted octanol–water partition coefficient (Wildman–Crippen LogP) is -0.286. The van der Waals surface area contributed by atoms with Gasteiger partial charge in [0.15, 0.2) is 0 Å². The molecule has 1 saturated heterocycles. The molecule has 138 valence electrons. The third-order valence-corrected chi connectivity index (χ3v) is 3.88. The summed E-state index contributed by atoms with van der Waals surface area (Å²) in [6, 6.07) is 5.70. The standard InChI is InChI=1S/C16H26N6O3/c23-16(14-2-4-15(5-3-14)22(24)25)21-12-19-10-8-17-6-1-7-18-9-11-20-13-21/h2-5,17-20H,1,6-13H2. The lowest BCUT2D eigenvalue weighted by Crippen LogP contribution is -2.46. The highest BCUT2D eigenvalue weighted by Gasteiger charge is 2.16. The molecule has 25 heavy (non-hydrogen) atoms. The van der Waals surface area contributed by atoms with Crippen LogP contribution in [0.25, 0.3) is 0 Å². The summed E-state index contributed by atoms with van der Waals surface area (Å²) in [5.74, 6) is -0.164. The largest absolute Gasteiger partial charge is 0.315 e. The molecule has 0 bridgehead atoms. The van der Waals surface area contributed by atoms with Crippen LogP contribution in [0.2, 0.25) is 0 Å². The van der Waals surface area contributed by atoms with Gasteiger partial charge in [0.05, 0.1) is 18.3 Å². The topological polar surface area (TPSA) is 112 Å². The van der Waals surface area contributed by atoms with Gasteiger partial charge < -0.3 is 15.5 Å². The van der Waals surface area contributed by atoms with Gasteiger partial charge in [0.2, 0.25) is 0 Å². The Morgan fingerprint density at radius 3 is 1.92 bits per heavy atom. The monoisotopic (exact) mass is 350 g/mol. The van der Waals surface area contributed by atoms with E-state index in [4.69, 9.17) is 0 Å². The van der Waals surface area contributed by atoms with Crippen LogP contribution in [-0.4, -0.2) is 68.3 Å². The number of hydrogen-bond donors (Lipinski definition) is 4. The van der Waals surface area contributed by atoms with Crippen LogP contribution in [0.15, 0.2) is 24.3 Å². The third-order valence-electron chi connectivity index (χ3n) is 3.88. The fourth-order valence-electron chi connectivity index (χ4n) is 2.48. The van der Waals surface area contributed by atoms with E-state index < -0.39 is 4.92 Å². The summed E-state index contributed by atoms with van der Waals surface area (Å²) < 4.78 is 0. The van der Waals surface area contributed by atoms with Crippen LogP contribution in [-0.2, 0) is 0 Å². The fourth-order valence-corrected chi connectivity index (χ4v) is 2.48. The molecule has 0 unspecified atom stereocenters. The van der Waals surface area contributed by atoms with Crippen LogP contribution in [0.4, 0.5) is 5.69 Å². The van der Waals surface area contributed by atoms with E-state index in [9.17, 15) is 14.9 Å². The number of carbonyl (C=O) groups is 1. The van der Waals surface area contributed by atoms with Crippen molar-refractivity contribution in [2.24, 2.45) is 0 Å². The van der Waals surface area contributed by atoms with Crippen molar-refractivity contribution in [2.45, 2.75) is 6.42 Å². The Kier molecular flexibility index (Phi) is 8.26. The van der Waals surface area contributed by atoms with E-state index >= 15 is 0 Å². The molecule has 9 nitrogen and oxygen atoms in total. The van der Waals surface area contributed by atoms with Crippen molar-refractivity contribution in [1.82, 2.24) is 26.2 Å². The van der Waals surface area contributed by atoms with Gasteiger partial charge in [0.25, 0.3) is 11.6 Å². The minimum absolute atomic E-state index is 0.0223. The van der Waals surface area contributed by atoms with Crippen molar-refractivity contribution < 1.29 is 9.72 Å². The van der Waals surface area contributed by atoms with Crippen LogP contribution in [0.5, 0.6) is 0 Å². The maximum Gasteiger partial charge on any atom is 0.269 e. The van der Waals surface area contributed by atoms with Gasteiger partial charge >= 0.3 is 0 Å². The SMILES string of the molecule is O=C(c1ccc([N+](=O)[O-])cc1)N1CNCCNCCCNCCNC1. The second-order valence-corrected chi connectivity index (χ2v) is 5.82. The lowest BCUT2D eigenvalue weighted by Gasteiger charge is -2.24. The predicted molar refractivity (Wildman–Crippen MR) is 95.4 cm³/mol. The van der Waals surface area contributed by atoms with Crippen LogP contribution >= 0.6 is 0 Å².